The van der Waals surface area contributed by atoms with E-state index in [1.54, 1.807) is 12.4 Å². The fraction of sp³-hybridized carbons (Fsp3) is 0.111. The van der Waals surface area contributed by atoms with Gasteiger partial charge in [-0.25, -0.2) is 0 Å². The Labute approximate surface area is 120 Å². The number of aliphatic imine (C=N–C) groups is 1. The summed E-state index contributed by atoms with van der Waals surface area (Å²) in [7, 11) is 0. The van der Waals surface area contributed by atoms with Gasteiger partial charge in [-0.1, -0.05) is 30.9 Å². The van der Waals surface area contributed by atoms with E-state index in [-0.39, 0.29) is 0 Å². The van der Waals surface area contributed by atoms with E-state index >= 15 is 0 Å². The molecule has 0 radical (unpaired) electrons. The SMILES string of the molecule is C=C/C(=C\N=CC)c1cc(C)cc(-c2cccnc2)c1. The summed E-state index contributed by atoms with van der Waals surface area (Å²) in [4.78, 5) is 8.36. The molecule has 20 heavy (non-hydrogen) atoms. The molecular formula is C18H18N2. The van der Waals surface area contributed by atoms with Crippen molar-refractivity contribution in [1.82, 2.24) is 4.98 Å². The first-order chi connectivity index (χ1) is 9.74. The Hall–Kier alpha value is -2.48. The summed E-state index contributed by atoms with van der Waals surface area (Å²) in [5, 5.41) is 0. The van der Waals surface area contributed by atoms with E-state index in [9.17, 15) is 0 Å². The second kappa shape index (κ2) is 6.62. The van der Waals surface area contributed by atoms with Crippen molar-refractivity contribution in [3.05, 3.63) is 72.7 Å². The van der Waals surface area contributed by atoms with Gasteiger partial charge in [-0.15, -0.1) is 0 Å². The van der Waals surface area contributed by atoms with Gasteiger partial charge in [0.2, 0.25) is 0 Å². The highest BCUT2D eigenvalue weighted by molar-refractivity contribution is 5.78. The Balaban J connectivity index is 2.51. The molecule has 2 rings (SSSR count). The lowest BCUT2D eigenvalue weighted by Gasteiger charge is -2.08. The average molecular weight is 262 g/mol. The minimum Gasteiger partial charge on any atom is -0.269 e. The molecule has 0 fully saturated rings. The molecule has 1 aromatic heterocycles. The number of aryl methyl sites for hydroxylation is 1. The maximum atomic E-state index is 4.18. The number of aromatic nitrogens is 1. The zero-order valence-corrected chi connectivity index (χ0v) is 11.9. The van der Waals surface area contributed by atoms with Crippen LogP contribution >= 0.6 is 0 Å². The molecule has 0 aliphatic carbocycles. The monoisotopic (exact) mass is 262 g/mol. The van der Waals surface area contributed by atoms with Crippen LogP contribution < -0.4 is 0 Å². The van der Waals surface area contributed by atoms with Crippen molar-refractivity contribution >= 4 is 11.8 Å². The molecule has 0 aliphatic rings. The first kappa shape index (κ1) is 13.9. The van der Waals surface area contributed by atoms with Crippen LogP contribution in [0, 0.1) is 6.92 Å². The van der Waals surface area contributed by atoms with Crippen LogP contribution in [0.3, 0.4) is 0 Å². The van der Waals surface area contributed by atoms with Gasteiger partial charge in [-0.05, 0) is 48.2 Å². The molecule has 2 heteroatoms. The fourth-order valence-corrected chi connectivity index (χ4v) is 2.05. The van der Waals surface area contributed by atoms with E-state index in [0.29, 0.717) is 0 Å². The molecule has 2 aromatic rings. The average Bonchev–Trinajstić information content (AvgIpc) is 2.48. The Kier molecular flexibility index (Phi) is 4.61. The van der Waals surface area contributed by atoms with Gasteiger partial charge < -0.3 is 0 Å². The van der Waals surface area contributed by atoms with Gasteiger partial charge in [0.25, 0.3) is 0 Å². The van der Waals surface area contributed by atoms with Crippen LogP contribution in [-0.4, -0.2) is 11.2 Å². The summed E-state index contributed by atoms with van der Waals surface area (Å²) in [5.41, 5.74) is 5.59. The third-order valence-corrected chi connectivity index (χ3v) is 2.99. The number of rotatable bonds is 4. The maximum absolute atomic E-state index is 4.18. The van der Waals surface area contributed by atoms with E-state index in [2.05, 4.69) is 47.7 Å². The lowest BCUT2D eigenvalue weighted by molar-refractivity contribution is 1.32. The van der Waals surface area contributed by atoms with Crippen molar-refractivity contribution in [2.75, 3.05) is 0 Å². The van der Waals surface area contributed by atoms with Crippen LogP contribution in [0.4, 0.5) is 0 Å². The number of benzene rings is 1. The summed E-state index contributed by atoms with van der Waals surface area (Å²) in [5.74, 6) is 0. The fourth-order valence-electron chi connectivity index (χ4n) is 2.05. The largest absolute Gasteiger partial charge is 0.269 e. The molecule has 0 saturated carbocycles. The van der Waals surface area contributed by atoms with Gasteiger partial charge >= 0.3 is 0 Å². The van der Waals surface area contributed by atoms with Gasteiger partial charge in [0.1, 0.15) is 0 Å². The van der Waals surface area contributed by atoms with Crippen molar-refractivity contribution in [1.29, 1.82) is 0 Å². The molecular weight excluding hydrogens is 244 g/mol. The Morgan fingerprint density at radius 2 is 2.10 bits per heavy atom. The molecule has 0 N–H and O–H groups in total. The molecule has 0 aliphatic heterocycles. The van der Waals surface area contributed by atoms with Crippen LogP contribution in [0.1, 0.15) is 18.1 Å². The van der Waals surface area contributed by atoms with Gasteiger partial charge in [-0.2, -0.15) is 0 Å². The third kappa shape index (κ3) is 3.29. The summed E-state index contributed by atoms with van der Waals surface area (Å²) in [6.45, 7) is 7.86. The number of hydrogen-bond donors (Lipinski definition) is 0. The van der Waals surface area contributed by atoms with Crippen LogP contribution in [0.5, 0.6) is 0 Å². The standard InChI is InChI=1S/C18H18N2/c1-4-15(12-19-5-2)17-9-14(3)10-18(11-17)16-7-6-8-20-13-16/h4-13H,1H2,2-3H3/b15-12+,19-5?. The van der Waals surface area contributed by atoms with Crippen LogP contribution in [0.25, 0.3) is 16.7 Å². The Bertz CT molecular complexity index is 652. The molecule has 0 amide bonds. The van der Waals surface area contributed by atoms with Crippen molar-refractivity contribution in [2.45, 2.75) is 13.8 Å². The Morgan fingerprint density at radius 1 is 1.25 bits per heavy atom. The first-order valence-corrected chi connectivity index (χ1v) is 6.57. The van der Waals surface area contributed by atoms with Gasteiger partial charge in [0.15, 0.2) is 0 Å². The van der Waals surface area contributed by atoms with E-state index in [1.807, 2.05) is 31.5 Å². The second-order valence-corrected chi connectivity index (χ2v) is 4.53. The lowest BCUT2D eigenvalue weighted by atomic mass is 9.97. The van der Waals surface area contributed by atoms with Gasteiger partial charge in [-0.3, -0.25) is 9.98 Å². The van der Waals surface area contributed by atoms with Gasteiger partial charge in [0, 0.05) is 30.4 Å². The summed E-state index contributed by atoms with van der Waals surface area (Å²) in [6.07, 6.45) is 9.08. The first-order valence-electron chi connectivity index (χ1n) is 6.57. The minimum absolute atomic E-state index is 1.01. The molecule has 0 atom stereocenters. The number of pyridine rings is 1. The predicted molar refractivity (Wildman–Crippen MR) is 86.8 cm³/mol. The summed E-state index contributed by atoms with van der Waals surface area (Å²) >= 11 is 0. The maximum Gasteiger partial charge on any atom is 0.0346 e. The van der Waals surface area contributed by atoms with Crippen molar-refractivity contribution in [3.63, 3.8) is 0 Å². The van der Waals surface area contributed by atoms with Crippen molar-refractivity contribution < 1.29 is 0 Å². The zero-order valence-electron chi connectivity index (χ0n) is 11.9. The molecule has 1 aromatic carbocycles. The predicted octanol–water partition coefficient (Wildman–Crippen LogP) is 4.67. The topological polar surface area (TPSA) is 25.2 Å². The highest BCUT2D eigenvalue weighted by Crippen LogP contribution is 2.25. The molecule has 0 saturated heterocycles. The number of allylic oxidation sites excluding steroid dienone is 2. The number of hydrogen-bond acceptors (Lipinski definition) is 2. The quantitative estimate of drug-likeness (QED) is 0.580. The van der Waals surface area contributed by atoms with E-state index in [4.69, 9.17) is 0 Å². The smallest absolute Gasteiger partial charge is 0.0346 e. The third-order valence-electron chi connectivity index (χ3n) is 2.99. The zero-order chi connectivity index (χ0) is 14.4. The highest BCUT2D eigenvalue weighted by Gasteiger charge is 2.04. The molecule has 100 valence electrons. The van der Waals surface area contributed by atoms with Crippen molar-refractivity contribution in [2.24, 2.45) is 4.99 Å². The van der Waals surface area contributed by atoms with Crippen molar-refractivity contribution in [3.8, 4) is 11.1 Å². The number of nitrogens with zero attached hydrogens (tertiary/aromatic N) is 2. The summed E-state index contributed by atoms with van der Waals surface area (Å²) in [6, 6.07) is 10.4. The Morgan fingerprint density at radius 3 is 2.75 bits per heavy atom. The second-order valence-electron chi connectivity index (χ2n) is 4.53. The van der Waals surface area contributed by atoms with E-state index in [0.717, 1.165) is 22.3 Å². The van der Waals surface area contributed by atoms with Gasteiger partial charge in [0.05, 0.1) is 0 Å². The highest BCUT2D eigenvalue weighted by atomic mass is 14.7. The van der Waals surface area contributed by atoms with Crippen LogP contribution in [0.2, 0.25) is 0 Å². The van der Waals surface area contributed by atoms with Crippen LogP contribution in [0.15, 0.2) is 66.6 Å². The van der Waals surface area contributed by atoms with E-state index in [1.165, 1.54) is 5.56 Å². The lowest BCUT2D eigenvalue weighted by Crippen LogP contribution is -1.87. The molecule has 1 heterocycles. The molecule has 0 bridgehead atoms. The van der Waals surface area contributed by atoms with Crippen LogP contribution in [-0.2, 0) is 0 Å². The molecule has 0 unspecified atom stereocenters. The molecule has 0 spiro atoms. The van der Waals surface area contributed by atoms with E-state index < -0.39 is 0 Å². The molecule has 2 nitrogen and oxygen atoms in total. The summed E-state index contributed by atoms with van der Waals surface area (Å²) < 4.78 is 0. The minimum atomic E-state index is 1.01. The normalized spacial score (nSPS) is 11.8.